The molecule has 0 aliphatic carbocycles. The van der Waals surface area contributed by atoms with E-state index in [1.165, 1.54) is 16.3 Å². The summed E-state index contributed by atoms with van der Waals surface area (Å²) < 4.78 is 1.26. The number of hydrogen-bond acceptors (Lipinski definition) is 3. The van der Waals surface area contributed by atoms with Gasteiger partial charge in [-0.2, -0.15) is 0 Å². The van der Waals surface area contributed by atoms with Crippen LogP contribution in [0.5, 0.6) is 0 Å². The SMILES string of the molecule is O=C1CCC(=O)N1SCc1ccc(Cl)cc1. The highest BCUT2D eigenvalue weighted by molar-refractivity contribution is 7.97. The predicted octanol–water partition coefficient (Wildman–Crippen LogP) is 2.64. The number of halogens is 1. The van der Waals surface area contributed by atoms with Crippen LogP contribution >= 0.6 is 23.5 Å². The third-order valence-corrected chi connectivity index (χ3v) is 3.66. The molecule has 1 saturated heterocycles. The molecule has 0 N–H and O–H groups in total. The van der Waals surface area contributed by atoms with E-state index in [2.05, 4.69) is 0 Å². The molecule has 0 aromatic heterocycles. The summed E-state index contributed by atoms with van der Waals surface area (Å²) in [5, 5.41) is 0.682. The van der Waals surface area contributed by atoms with Crippen LogP contribution in [-0.4, -0.2) is 16.1 Å². The molecule has 0 spiro atoms. The lowest BCUT2D eigenvalue weighted by Gasteiger charge is -2.11. The average Bonchev–Trinajstić information content (AvgIpc) is 2.59. The van der Waals surface area contributed by atoms with Gasteiger partial charge in [0.25, 0.3) is 0 Å². The smallest absolute Gasteiger partial charge is 0.239 e. The zero-order valence-corrected chi connectivity index (χ0v) is 10.1. The van der Waals surface area contributed by atoms with Gasteiger partial charge in [0, 0.05) is 23.6 Å². The predicted molar refractivity (Wildman–Crippen MR) is 63.8 cm³/mol. The Labute approximate surface area is 103 Å². The normalized spacial score (nSPS) is 15.9. The van der Waals surface area contributed by atoms with Gasteiger partial charge in [0.1, 0.15) is 0 Å². The second-order valence-corrected chi connectivity index (χ2v) is 4.83. The molecule has 0 radical (unpaired) electrons. The molecule has 84 valence electrons. The Balaban J connectivity index is 1.94. The summed E-state index contributed by atoms with van der Waals surface area (Å²) in [6.45, 7) is 0. The lowest BCUT2D eigenvalue weighted by Crippen LogP contribution is -2.21. The molecule has 1 heterocycles. The maximum atomic E-state index is 11.3. The fourth-order valence-electron chi connectivity index (χ4n) is 1.42. The van der Waals surface area contributed by atoms with Crippen molar-refractivity contribution in [1.29, 1.82) is 0 Å². The van der Waals surface area contributed by atoms with Crippen LogP contribution in [0.2, 0.25) is 5.02 Å². The number of carbonyl (C=O) groups is 2. The first-order chi connectivity index (χ1) is 7.66. The van der Waals surface area contributed by atoms with Crippen LogP contribution < -0.4 is 0 Å². The topological polar surface area (TPSA) is 37.4 Å². The molecule has 1 aliphatic heterocycles. The molecule has 0 unspecified atom stereocenters. The molecular formula is C11H10ClNO2S. The second kappa shape index (κ2) is 4.89. The molecule has 0 bridgehead atoms. The van der Waals surface area contributed by atoms with Crippen LogP contribution in [0.25, 0.3) is 0 Å². The van der Waals surface area contributed by atoms with Gasteiger partial charge < -0.3 is 0 Å². The van der Waals surface area contributed by atoms with Gasteiger partial charge in [0.05, 0.1) is 0 Å². The Morgan fingerprint density at radius 1 is 1.12 bits per heavy atom. The molecule has 16 heavy (non-hydrogen) atoms. The van der Waals surface area contributed by atoms with Crippen LogP contribution in [0, 0.1) is 0 Å². The van der Waals surface area contributed by atoms with E-state index in [1.807, 2.05) is 12.1 Å². The third-order valence-electron chi connectivity index (χ3n) is 2.28. The molecule has 1 aromatic rings. The minimum atomic E-state index is -0.0936. The number of imide groups is 1. The first-order valence-corrected chi connectivity index (χ1v) is 6.22. The van der Waals surface area contributed by atoms with E-state index in [9.17, 15) is 9.59 Å². The molecule has 0 saturated carbocycles. The highest BCUT2D eigenvalue weighted by Gasteiger charge is 2.29. The number of rotatable bonds is 3. The lowest BCUT2D eigenvalue weighted by molar-refractivity contribution is -0.131. The van der Waals surface area contributed by atoms with Gasteiger partial charge in [0.15, 0.2) is 0 Å². The van der Waals surface area contributed by atoms with Crippen LogP contribution in [-0.2, 0) is 15.3 Å². The average molecular weight is 256 g/mol. The zero-order chi connectivity index (χ0) is 11.5. The van der Waals surface area contributed by atoms with Gasteiger partial charge in [-0.25, -0.2) is 4.31 Å². The summed E-state index contributed by atoms with van der Waals surface area (Å²) in [6, 6.07) is 7.37. The molecule has 1 aromatic carbocycles. The maximum Gasteiger partial charge on any atom is 0.239 e. The molecule has 0 atom stereocenters. The molecule has 2 amide bonds. The monoisotopic (exact) mass is 255 g/mol. The Hall–Kier alpha value is -1.00. The van der Waals surface area contributed by atoms with Crippen LogP contribution in [0.3, 0.4) is 0 Å². The van der Waals surface area contributed by atoms with Crippen molar-refractivity contribution in [2.45, 2.75) is 18.6 Å². The van der Waals surface area contributed by atoms with Crippen molar-refractivity contribution < 1.29 is 9.59 Å². The number of nitrogens with zero attached hydrogens (tertiary/aromatic N) is 1. The van der Waals surface area contributed by atoms with Crippen LogP contribution in [0.1, 0.15) is 18.4 Å². The van der Waals surface area contributed by atoms with Crippen molar-refractivity contribution in [2.75, 3.05) is 0 Å². The van der Waals surface area contributed by atoms with Gasteiger partial charge in [-0.1, -0.05) is 23.7 Å². The summed E-state index contributed by atoms with van der Waals surface area (Å²) in [5.74, 6) is 0.419. The van der Waals surface area contributed by atoms with E-state index in [0.29, 0.717) is 23.6 Å². The van der Waals surface area contributed by atoms with Crippen molar-refractivity contribution in [3.05, 3.63) is 34.9 Å². The molecule has 3 nitrogen and oxygen atoms in total. The van der Waals surface area contributed by atoms with Gasteiger partial charge in [0.2, 0.25) is 11.8 Å². The first kappa shape index (κ1) is 11.5. The van der Waals surface area contributed by atoms with E-state index >= 15 is 0 Å². The fraction of sp³-hybridized carbons (Fsp3) is 0.273. The summed E-state index contributed by atoms with van der Waals surface area (Å²) in [7, 11) is 0. The fourth-order valence-corrected chi connectivity index (χ4v) is 2.49. The van der Waals surface area contributed by atoms with Gasteiger partial charge >= 0.3 is 0 Å². The Kier molecular flexibility index (Phi) is 3.51. The highest BCUT2D eigenvalue weighted by Crippen LogP contribution is 2.25. The van der Waals surface area contributed by atoms with Crippen LogP contribution in [0.4, 0.5) is 0 Å². The van der Waals surface area contributed by atoms with Gasteiger partial charge in [-0.3, -0.25) is 9.59 Å². The Morgan fingerprint density at radius 2 is 1.69 bits per heavy atom. The quantitative estimate of drug-likeness (QED) is 0.616. The Bertz CT molecular complexity index is 402. The first-order valence-electron chi connectivity index (χ1n) is 4.90. The standard InChI is InChI=1S/C11H10ClNO2S/c12-9-3-1-8(2-4-9)7-16-13-10(14)5-6-11(13)15/h1-4H,5-7H2. The van der Waals surface area contributed by atoms with E-state index in [4.69, 9.17) is 11.6 Å². The second-order valence-electron chi connectivity index (χ2n) is 3.48. The van der Waals surface area contributed by atoms with Gasteiger partial charge in [-0.05, 0) is 29.6 Å². The van der Waals surface area contributed by atoms with E-state index in [0.717, 1.165) is 5.56 Å². The summed E-state index contributed by atoms with van der Waals surface area (Å²) >= 11 is 7.01. The minimum absolute atomic E-state index is 0.0936. The van der Waals surface area contributed by atoms with Crippen molar-refractivity contribution in [3.63, 3.8) is 0 Å². The number of carbonyl (C=O) groups excluding carboxylic acids is 2. The summed E-state index contributed by atoms with van der Waals surface area (Å²) in [6.07, 6.45) is 0.679. The van der Waals surface area contributed by atoms with Crippen molar-refractivity contribution >= 4 is 35.4 Å². The maximum absolute atomic E-state index is 11.3. The van der Waals surface area contributed by atoms with Crippen molar-refractivity contribution in [2.24, 2.45) is 0 Å². The molecule has 5 heteroatoms. The summed E-state index contributed by atoms with van der Waals surface area (Å²) in [5.41, 5.74) is 1.04. The number of hydrogen-bond donors (Lipinski definition) is 0. The Morgan fingerprint density at radius 3 is 2.25 bits per heavy atom. The number of amides is 2. The zero-order valence-electron chi connectivity index (χ0n) is 8.48. The van der Waals surface area contributed by atoms with E-state index < -0.39 is 0 Å². The molecule has 1 fully saturated rings. The number of benzene rings is 1. The minimum Gasteiger partial charge on any atom is -0.273 e. The lowest BCUT2D eigenvalue weighted by atomic mass is 10.2. The van der Waals surface area contributed by atoms with Gasteiger partial charge in [-0.15, -0.1) is 0 Å². The van der Waals surface area contributed by atoms with E-state index in [1.54, 1.807) is 12.1 Å². The van der Waals surface area contributed by atoms with E-state index in [-0.39, 0.29) is 11.8 Å². The largest absolute Gasteiger partial charge is 0.273 e. The third kappa shape index (κ3) is 2.57. The molecular weight excluding hydrogens is 246 g/mol. The van der Waals surface area contributed by atoms with Crippen molar-refractivity contribution in [1.82, 2.24) is 4.31 Å². The van der Waals surface area contributed by atoms with Crippen LogP contribution in [0.15, 0.2) is 24.3 Å². The molecule has 2 rings (SSSR count). The highest BCUT2D eigenvalue weighted by atomic mass is 35.5. The summed E-state index contributed by atoms with van der Waals surface area (Å²) in [4.78, 5) is 22.6. The molecule has 1 aliphatic rings. The van der Waals surface area contributed by atoms with Crippen molar-refractivity contribution in [3.8, 4) is 0 Å².